The number of primary sulfonamides is 1. The van der Waals surface area contributed by atoms with E-state index in [2.05, 4.69) is 9.88 Å². The lowest BCUT2D eigenvalue weighted by Crippen LogP contribution is -2.18. The van der Waals surface area contributed by atoms with Gasteiger partial charge in [0.2, 0.25) is 0 Å². The molecule has 0 spiro atoms. The maximum atomic E-state index is 10.0. The molecular formula is C2H3NO4S. The zero-order chi connectivity index (χ0) is 6.36. The molecule has 1 aliphatic heterocycles. The van der Waals surface area contributed by atoms with Gasteiger partial charge in [0.1, 0.15) is 0 Å². The van der Waals surface area contributed by atoms with E-state index >= 15 is 0 Å². The minimum absolute atomic E-state index is 0.771. The number of carbonyl (C=O) groups excluding carboxylic acids is 1. The van der Waals surface area contributed by atoms with E-state index in [4.69, 9.17) is 0 Å². The molecule has 0 amide bonds. The van der Waals surface area contributed by atoms with Crippen molar-refractivity contribution < 1.29 is 17.9 Å². The smallest absolute Gasteiger partial charge is 0.367 e. The summed E-state index contributed by atoms with van der Waals surface area (Å²) in [6.45, 7) is 0. The monoisotopic (exact) mass is 137 g/mol. The number of carbonyl (C=O) groups is 1. The van der Waals surface area contributed by atoms with E-state index < -0.39 is 21.4 Å². The summed E-state index contributed by atoms with van der Waals surface area (Å²) in [6.07, 6.45) is 0. The molecule has 1 heterocycles. The maximum absolute atomic E-state index is 10.0. The van der Waals surface area contributed by atoms with Crippen LogP contribution in [0.1, 0.15) is 0 Å². The quantitative estimate of drug-likeness (QED) is 0.430. The molecule has 0 aromatic carbocycles. The summed E-state index contributed by atoms with van der Waals surface area (Å²) in [5.41, 5.74) is -1.37. The first-order chi connectivity index (χ1) is 3.52. The van der Waals surface area contributed by atoms with E-state index in [0.29, 0.717) is 0 Å². The van der Waals surface area contributed by atoms with E-state index in [9.17, 15) is 13.2 Å². The fraction of sp³-hybridized carbons (Fsp3) is 0.500. The van der Waals surface area contributed by atoms with Gasteiger partial charge in [-0.1, -0.05) is 0 Å². The van der Waals surface area contributed by atoms with E-state index in [1.807, 2.05) is 0 Å². The van der Waals surface area contributed by atoms with Crippen LogP contribution in [0, 0.1) is 0 Å². The summed E-state index contributed by atoms with van der Waals surface area (Å²) >= 11 is 0. The van der Waals surface area contributed by atoms with Crippen molar-refractivity contribution in [2.75, 3.05) is 0 Å². The van der Waals surface area contributed by atoms with Gasteiger partial charge in [-0.15, -0.1) is 0 Å². The van der Waals surface area contributed by atoms with Crippen LogP contribution >= 0.6 is 0 Å². The number of cyclic esters (lactones) is 1. The summed E-state index contributed by atoms with van der Waals surface area (Å²) in [5.74, 6) is -0.771. The summed E-state index contributed by atoms with van der Waals surface area (Å²) in [4.78, 5) is 9.85. The molecule has 1 rings (SSSR count). The molecule has 1 fully saturated rings. The fourth-order valence-electron chi connectivity index (χ4n) is 0.273. The summed E-state index contributed by atoms with van der Waals surface area (Å²) in [6, 6.07) is 0. The van der Waals surface area contributed by atoms with Crippen molar-refractivity contribution in [3.8, 4) is 0 Å². The largest absolute Gasteiger partial charge is 0.428 e. The molecule has 2 N–H and O–H groups in total. The Kier molecular flexibility index (Phi) is 0.831. The molecule has 0 saturated carbocycles. The van der Waals surface area contributed by atoms with Crippen LogP contribution in [0.5, 0.6) is 0 Å². The Morgan fingerprint density at radius 2 is 2.00 bits per heavy atom. The standard InChI is InChI=1S/C2H3NO4S/c3-8(5,6)2-1(4)7-2/h2H,(H2,3,5,6). The van der Waals surface area contributed by atoms with Gasteiger partial charge in [-0.05, 0) is 0 Å². The van der Waals surface area contributed by atoms with Gasteiger partial charge >= 0.3 is 11.4 Å². The third-order valence-corrected chi connectivity index (χ3v) is 1.54. The topological polar surface area (TPSA) is 89.8 Å². The lowest BCUT2D eigenvalue weighted by molar-refractivity contribution is -0.117. The van der Waals surface area contributed by atoms with Crippen LogP contribution in [-0.4, -0.2) is 19.8 Å². The van der Waals surface area contributed by atoms with Gasteiger partial charge in [-0.2, -0.15) is 0 Å². The van der Waals surface area contributed by atoms with Crippen molar-refractivity contribution in [2.45, 2.75) is 5.44 Å². The second-order valence-corrected chi connectivity index (χ2v) is 2.96. The highest BCUT2D eigenvalue weighted by Gasteiger charge is 2.48. The summed E-state index contributed by atoms with van der Waals surface area (Å²) < 4.78 is 24.0. The van der Waals surface area contributed by atoms with E-state index in [-0.39, 0.29) is 0 Å². The second-order valence-electron chi connectivity index (χ2n) is 1.36. The predicted molar refractivity (Wildman–Crippen MR) is 23.0 cm³/mol. The van der Waals surface area contributed by atoms with Gasteiger partial charge in [0.15, 0.2) is 0 Å². The number of hydrogen-bond acceptors (Lipinski definition) is 4. The lowest BCUT2D eigenvalue weighted by atomic mass is 10.9. The van der Waals surface area contributed by atoms with Crippen LogP contribution in [0.3, 0.4) is 0 Å². The second kappa shape index (κ2) is 1.20. The van der Waals surface area contributed by atoms with Crippen molar-refractivity contribution in [1.82, 2.24) is 0 Å². The normalized spacial score (nSPS) is 27.1. The van der Waals surface area contributed by atoms with Crippen molar-refractivity contribution in [2.24, 2.45) is 5.14 Å². The molecule has 1 atom stereocenters. The van der Waals surface area contributed by atoms with Crippen LogP contribution in [0.4, 0.5) is 0 Å². The Balaban J connectivity index is 2.80. The molecule has 0 radical (unpaired) electrons. The van der Waals surface area contributed by atoms with Gasteiger partial charge in [0, 0.05) is 0 Å². The number of rotatable bonds is 1. The Morgan fingerprint density at radius 1 is 1.62 bits per heavy atom. The molecule has 46 valence electrons. The third-order valence-electron chi connectivity index (χ3n) is 0.657. The fourth-order valence-corrected chi connectivity index (χ4v) is 0.770. The molecule has 1 aliphatic rings. The Bertz CT molecular complexity index is 216. The summed E-state index contributed by atoms with van der Waals surface area (Å²) in [7, 11) is -3.75. The van der Waals surface area contributed by atoms with Crippen LogP contribution < -0.4 is 5.14 Å². The molecule has 6 heteroatoms. The number of nitrogens with two attached hydrogens (primary N) is 1. The zero-order valence-corrected chi connectivity index (χ0v) is 4.51. The van der Waals surface area contributed by atoms with Crippen LogP contribution in [0.15, 0.2) is 0 Å². The van der Waals surface area contributed by atoms with Gasteiger partial charge in [0.25, 0.3) is 10.0 Å². The molecule has 0 aromatic heterocycles. The average molecular weight is 137 g/mol. The van der Waals surface area contributed by atoms with Crippen LogP contribution in [0.25, 0.3) is 0 Å². The average Bonchev–Trinajstić information content (AvgIpc) is 2.13. The molecule has 1 unspecified atom stereocenters. The number of ether oxygens (including phenoxy) is 1. The van der Waals surface area contributed by atoms with E-state index in [1.165, 1.54) is 0 Å². The van der Waals surface area contributed by atoms with Gasteiger partial charge in [-0.3, -0.25) is 0 Å². The maximum Gasteiger partial charge on any atom is 0.367 e. The molecular weight excluding hydrogens is 134 g/mol. The lowest BCUT2D eigenvalue weighted by Gasteiger charge is -1.79. The van der Waals surface area contributed by atoms with Crippen molar-refractivity contribution in [3.63, 3.8) is 0 Å². The first kappa shape index (κ1) is 5.52. The molecule has 0 aromatic rings. The van der Waals surface area contributed by atoms with E-state index in [0.717, 1.165) is 0 Å². The van der Waals surface area contributed by atoms with Crippen molar-refractivity contribution in [1.29, 1.82) is 0 Å². The minimum Gasteiger partial charge on any atom is -0.428 e. The Labute approximate surface area is 45.5 Å². The van der Waals surface area contributed by atoms with Gasteiger partial charge < -0.3 is 4.74 Å². The third kappa shape index (κ3) is 0.797. The van der Waals surface area contributed by atoms with E-state index in [1.54, 1.807) is 0 Å². The number of sulfonamides is 1. The molecule has 8 heavy (non-hydrogen) atoms. The van der Waals surface area contributed by atoms with Gasteiger partial charge in [0.05, 0.1) is 0 Å². The number of hydrogen-bond donors (Lipinski definition) is 1. The van der Waals surface area contributed by atoms with Crippen molar-refractivity contribution in [3.05, 3.63) is 0 Å². The molecule has 1 saturated heterocycles. The molecule has 0 aliphatic carbocycles. The minimum atomic E-state index is -3.75. The first-order valence-electron chi connectivity index (χ1n) is 1.74. The highest BCUT2D eigenvalue weighted by atomic mass is 32.2. The zero-order valence-electron chi connectivity index (χ0n) is 3.70. The van der Waals surface area contributed by atoms with Gasteiger partial charge in [-0.25, -0.2) is 18.4 Å². The Morgan fingerprint density at radius 3 is 2.00 bits per heavy atom. The molecule has 0 bridgehead atoms. The number of epoxide rings is 1. The Hall–Kier alpha value is -0.620. The van der Waals surface area contributed by atoms with Crippen molar-refractivity contribution >= 4 is 16.0 Å². The first-order valence-corrected chi connectivity index (χ1v) is 3.35. The predicted octanol–water partition coefficient (Wildman–Crippen LogP) is -1.84. The molecule has 5 nitrogen and oxygen atoms in total. The van der Waals surface area contributed by atoms with Crippen LogP contribution in [0.2, 0.25) is 0 Å². The van der Waals surface area contributed by atoms with Crippen LogP contribution in [-0.2, 0) is 19.6 Å². The highest BCUT2D eigenvalue weighted by Crippen LogP contribution is 2.15. The SMILES string of the molecule is NS(=O)(=O)C1OC1=O. The summed E-state index contributed by atoms with van der Waals surface area (Å²) in [5, 5.41) is 4.46. The highest BCUT2D eigenvalue weighted by molar-refractivity contribution is 7.90.